The topological polar surface area (TPSA) is 64.4 Å². The van der Waals surface area contributed by atoms with Crippen LogP contribution in [-0.2, 0) is 0 Å². The number of pyridine rings is 2. The molecule has 188 valence electrons. The van der Waals surface area contributed by atoms with Gasteiger partial charge in [0.25, 0.3) is 5.91 Å². The molecule has 1 unspecified atom stereocenters. The molecule has 5 aromatic rings. The summed E-state index contributed by atoms with van der Waals surface area (Å²) in [5.41, 5.74) is 1.95. The summed E-state index contributed by atoms with van der Waals surface area (Å²) in [7, 11) is 0. The van der Waals surface area contributed by atoms with Gasteiger partial charge in [-0.15, -0.1) is 0 Å². The van der Waals surface area contributed by atoms with E-state index in [4.69, 9.17) is 4.74 Å². The van der Waals surface area contributed by atoms with Gasteiger partial charge >= 0.3 is 0 Å². The first-order chi connectivity index (χ1) is 18.5. The zero-order valence-corrected chi connectivity index (χ0v) is 20.8. The molecule has 1 amide bonds. The van der Waals surface area contributed by atoms with Crippen molar-refractivity contribution in [3.63, 3.8) is 0 Å². The number of halogens is 1. The number of aromatic nitrogens is 2. The first-order valence-corrected chi connectivity index (χ1v) is 12.8. The van der Waals surface area contributed by atoms with Gasteiger partial charge in [0.2, 0.25) is 5.43 Å². The highest BCUT2D eigenvalue weighted by Crippen LogP contribution is 2.44. The molecule has 2 aromatic heterocycles. The van der Waals surface area contributed by atoms with Crippen molar-refractivity contribution in [3.05, 3.63) is 106 Å². The van der Waals surface area contributed by atoms with Gasteiger partial charge in [0, 0.05) is 30.7 Å². The Morgan fingerprint density at radius 1 is 1.08 bits per heavy atom. The van der Waals surface area contributed by atoms with E-state index in [1.54, 1.807) is 30.4 Å². The summed E-state index contributed by atoms with van der Waals surface area (Å²) >= 11 is 0. The van der Waals surface area contributed by atoms with Crippen LogP contribution in [0.4, 0.5) is 4.39 Å². The van der Waals surface area contributed by atoms with Gasteiger partial charge in [0.1, 0.15) is 16.9 Å². The van der Waals surface area contributed by atoms with Gasteiger partial charge in [-0.1, -0.05) is 30.3 Å². The van der Waals surface area contributed by atoms with E-state index in [1.165, 1.54) is 6.07 Å². The molecule has 2 aliphatic heterocycles. The molecular formula is C31H24FN3O3. The largest absolute Gasteiger partial charge is 0.453 e. The van der Waals surface area contributed by atoms with Crippen LogP contribution in [-0.4, -0.2) is 26.9 Å². The predicted octanol–water partition coefficient (Wildman–Crippen LogP) is 6.46. The fourth-order valence-electron chi connectivity index (χ4n) is 5.82. The Hall–Kier alpha value is -4.52. The molecule has 0 N–H and O–H groups in total. The van der Waals surface area contributed by atoms with Crippen LogP contribution in [0.2, 0.25) is 0 Å². The van der Waals surface area contributed by atoms with E-state index in [1.807, 2.05) is 53.1 Å². The third-order valence-electron chi connectivity index (χ3n) is 7.79. The summed E-state index contributed by atoms with van der Waals surface area (Å²) < 4.78 is 23.1. The number of benzene rings is 3. The molecular weight excluding hydrogens is 481 g/mol. The van der Waals surface area contributed by atoms with Gasteiger partial charge in [-0.3, -0.25) is 14.6 Å². The highest BCUT2D eigenvalue weighted by atomic mass is 19.1. The molecule has 2 aliphatic rings. The van der Waals surface area contributed by atoms with Crippen LogP contribution in [0.3, 0.4) is 0 Å². The summed E-state index contributed by atoms with van der Waals surface area (Å²) in [6.45, 7) is 2.17. The summed E-state index contributed by atoms with van der Waals surface area (Å²) in [4.78, 5) is 33.9. The van der Waals surface area contributed by atoms with Gasteiger partial charge in [-0.2, -0.15) is 0 Å². The summed E-state index contributed by atoms with van der Waals surface area (Å²) in [5.74, 6) is -0.0636. The molecule has 1 fully saturated rings. The van der Waals surface area contributed by atoms with E-state index in [2.05, 4.69) is 4.98 Å². The number of carbonyl (C=O) groups excluding carboxylic acids is 1. The van der Waals surface area contributed by atoms with Crippen molar-refractivity contribution in [2.45, 2.75) is 32.2 Å². The van der Waals surface area contributed by atoms with Gasteiger partial charge in [-0.25, -0.2) is 4.39 Å². The minimum absolute atomic E-state index is 0.0171. The van der Waals surface area contributed by atoms with E-state index in [-0.39, 0.29) is 22.9 Å². The number of piperidine rings is 1. The average molecular weight is 506 g/mol. The van der Waals surface area contributed by atoms with E-state index >= 15 is 4.39 Å². The second kappa shape index (κ2) is 8.52. The van der Waals surface area contributed by atoms with Crippen molar-refractivity contribution in [1.82, 2.24) is 14.5 Å². The molecule has 7 rings (SSSR count). The zero-order valence-electron chi connectivity index (χ0n) is 20.8. The van der Waals surface area contributed by atoms with E-state index in [0.29, 0.717) is 34.8 Å². The number of rotatable bonds is 2. The minimum atomic E-state index is -0.545. The van der Waals surface area contributed by atoms with Crippen molar-refractivity contribution >= 4 is 27.6 Å². The van der Waals surface area contributed by atoms with E-state index < -0.39 is 11.2 Å². The van der Waals surface area contributed by atoms with Crippen molar-refractivity contribution < 1.29 is 13.9 Å². The van der Waals surface area contributed by atoms with Gasteiger partial charge in [-0.05, 0) is 66.8 Å². The Kier molecular flexibility index (Phi) is 5.08. The maximum atomic E-state index is 15.1. The van der Waals surface area contributed by atoms with Crippen LogP contribution >= 0.6 is 0 Å². The summed E-state index contributed by atoms with van der Waals surface area (Å²) in [5, 5.41) is 2.09. The third-order valence-corrected chi connectivity index (χ3v) is 7.79. The molecule has 4 heterocycles. The van der Waals surface area contributed by atoms with Crippen molar-refractivity contribution in [2.24, 2.45) is 0 Å². The molecule has 7 heteroatoms. The lowest BCUT2D eigenvalue weighted by atomic mass is 9.95. The maximum absolute atomic E-state index is 15.1. The Bertz CT molecular complexity index is 1830. The van der Waals surface area contributed by atoms with E-state index in [9.17, 15) is 9.59 Å². The van der Waals surface area contributed by atoms with Crippen molar-refractivity contribution in [2.75, 3.05) is 6.54 Å². The average Bonchev–Trinajstić information content (AvgIpc) is 2.96. The molecule has 0 bridgehead atoms. The van der Waals surface area contributed by atoms with Crippen LogP contribution in [0.25, 0.3) is 27.4 Å². The normalized spacial score (nSPS) is 16.4. The molecule has 3 aromatic carbocycles. The lowest BCUT2D eigenvalue weighted by molar-refractivity contribution is 0.0609. The molecule has 0 saturated carbocycles. The number of carbonyl (C=O) groups is 1. The highest BCUT2D eigenvalue weighted by Gasteiger charge is 2.33. The van der Waals surface area contributed by atoms with Gasteiger partial charge in [0.15, 0.2) is 11.5 Å². The molecule has 1 saturated heterocycles. The highest BCUT2D eigenvalue weighted by molar-refractivity contribution is 6.00. The standard InChI is InChI=1S/C31H24FN3O3/c1-18-24(32)15-22-28-30(18)38-27-14-20-8-3-2-7-19(20)13-26(27)35(28)17-23(29(22)36)31(37)34-12-5-4-10-25(34)21-9-6-11-33-16-21/h2-3,6-9,11,13-17,25H,4-5,10,12H2,1H3. The SMILES string of the molecule is Cc1c(F)cc2c(=O)c(C(=O)N3CCCCC3c3cccnc3)cn3c2c1Oc1cc2ccccc2cc1-3. The third kappa shape index (κ3) is 3.35. The lowest BCUT2D eigenvalue weighted by Crippen LogP contribution is -2.40. The van der Waals surface area contributed by atoms with Crippen LogP contribution in [0.15, 0.2) is 78.0 Å². The number of ether oxygens (including phenoxy) is 1. The minimum Gasteiger partial charge on any atom is -0.453 e. The second-order valence-corrected chi connectivity index (χ2v) is 10.0. The zero-order chi connectivity index (χ0) is 26.0. The lowest BCUT2D eigenvalue weighted by Gasteiger charge is -2.36. The number of hydrogen-bond acceptors (Lipinski definition) is 4. The Labute approximate surface area is 217 Å². The van der Waals surface area contributed by atoms with Crippen molar-refractivity contribution in [3.8, 4) is 17.2 Å². The maximum Gasteiger partial charge on any atom is 0.259 e. The fraction of sp³-hybridized carbons (Fsp3) is 0.194. The molecule has 1 atom stereocenters. The van der Waals surface area contributed by atoms with Crippen LogP contribution < -0.4 is 10.2 Å². The number of amides is 1. The Morgan fingerprint density at radius 3 is 2.68 bits per heavy atom. The number of hydrogen-bond donors (Lipinski definition) is 0. The van der Waals surface area contributed by atoms with Gasteiger partial charge in [0.05, 0.1) is 17.1 Å². The van der Waals surface area contributed by atoms with Crippen LogP contribution in [0.1, 0.15) is 46.8 Å². The van der Waals surface area contributed by atoms with Gasteiger partial charge < -0.3 is 14.2 Å². The molecule has 0 radical (unpaired) electrons. The number of fused-ring (bicyclic) bond motifs is 3. The number of nitrogens with zero attached hydrogens (tertiary/aromatic N) is 3. The molecule has 38 heavy (non-hydrogen) atoms. The molecule has 0 aliphatic carbocycles. The predicted molar refractivity (Wildman–Crippen MR) is 144 cm³/mol. The smallest absolute Gasteiger partial charge is 0.259 e. The first kappa shape index (κ1) is 22.7. The monoisotopic (exact) mass is 505 g/mol. The Balaban J connectivity index is 1.47. The summed E-state index contributed by atoms with van der Waals surface area (Å²) in [6, 6.07) is 16.6. The second-order valence-electron chi connectivity index (χ2n) is 10.0. The quantitative estimate of drug-likeness (QED) is 0.271. The van der Waals surface area contributed by atoms with Crippen LogP contribution in [0.5, 0.6) is 11.5 Å². The molecule has 6 nitrogen and oxygen atoms in total. The Morgan fingerprint density at radius 2 is 1.89 bits per heavy atom. The fourth-order valence-corrected chi connectivity index (χ4v) is 5.82. The van der Waals surface area contributed by atoms with Crippen LogP contribution in [0, 0.1) is 12.7 Å². The van der Waals surface area contributed by atoms with E-state index in [0.717, 1.165) is 35.6 Å². The number of likely N-dealkylation sites (tertiary alicyclic amines) is 1. The van der Waals surface area contributed by atoms with Crippen molar-refractivity contribution in [1.29, 1.82) is 0 Å². The molecule has 0 spiro atoms. The summed E-state index contributed by atoms with van der Waals surface area (Å²) in [6.07, 6.45) is 7.72. The first-order valence-electron chi connectivity index (χ1n) is 12.8.